The molecule has 0 atom stereocenters. The number of unbranched alkanes of at least 4 members (excludes halogenated alkanes) is 2. The largest absolute Gasteiger partial charge is 0.498 e. The highest BCUT2D eigenvalue weighted by Gasteiger charge is 1.92. The molecule has 0 bridgehead atoms. The minimum Gasteiger partial charge on any atom is -0.498 e. The van der Waals surface area contributed by atoms with Crippen LogP contribution in [-0.4, -0.2) is 18.3 Å². The van der Waals surface area contributed by atoms with Crippen LogP contribution in [0, 0.1) is 0 Å². The van der Waals surface area contributed by atoms with Gasteiger partial charge in [-0.3, -0.25) is 0 Å². The van der Waals surface area contributed by atoms with Crippen LogP contribution >= 0.6 is 0 Å². The lowest BCUT2D eigenvalue weighted by Crippen LogP contribution is -1.90. The van der Waals surface area contributed by atoms with E-state index in [0.717, 1.165) is 63.7 Å². The molecule has 0 heterocycles. The maximum absolute atomic E-state index is 8.63. The van der Waals surface area contributed by atoms with Crippen molar-refractivity contribution in [3.63, 3.8) is 0 Å². The predicted molar refractivity (Wildman–Crippen MR) is 115 cm³/mol. The first-order chi connectivity index (χ1) is 12.8. The molecule has 26 heavy (non-hydrogen) atoms. The molecule has 1 N–H and O–H groups in total. The quantitative estimate of drug-likeness (QED) is 0.186. The minimum absolute atomic E-state index is 0.146. The minimum atomic E-state index is 0.146. The molecule has 0 fully saturated rings. The van der Waals surface area contributed by atoms with Gasteiger partial charge in [-0.25, -0.2) is 0 Å². The number of aliphatic hydroxyl groups is 1. The molecule has 0 amide bonds. The molecule has 0 aliphatic carbocycles. The van der Waals surface area contributed by atoms with Crippen LogP contribution in [0.25, 0.3) is 0 Å². The standard InChI is InChI=1S/C24H38O2/c1-3-5-6-7-15-18-21-24(26-4-2)22-19-16-13-11-9-8-10-12-14-17-20-23-25/h5-6,8-9,13,15-18,20,22,25H,3-4,7,10-12,14,19,21,23H2,1-2H3/b6-5-,9-8-,16-13-,18-15-,20-17+,24-22-. The summed E-state index contributed by atoms with van der Waals surface area (Å²) in [5, 5.41) is 8.63. The Morgan fingerprint density at radius 1 is 0.731 bits per heavy atom. The Morgan fingerprint density at radius 2 is 1.35 bits per heavy atom. The van der Waals surface area contributed by atoms with E-state index >= 15 is 0 Å². The Balaban J connectivity index is 3.94. The molecule has 0 rings (SSSR count). The van der Waals surface area contributed by atoms with E-state index in [-0.39, 0.29) is 6.61 Å². The molecule has 0 aromatic heterocycles. The average molecular weight is 359 g/mol. The van der Waals surface area contributed by atoms with Gasteiger partial charge in [0.05, 0.1) is 19.0 Å². The van der Waals surface area contributed by atoms with E-state index in [1.165, 1.54) is 0 Å². The van der Waals surface area contributed by atoms with E-state index in [1.807, 2.05) is 13.0 Å². The fraction of sp³-hybridized carbons (Fsp3) is 0.500. The van der Waals surface area contributed by atoms with Crippen LogP contribution in [0.5, 0.6) is 0 Å². The molecule has 0 saturated carbocycles. The zero-order valence-electron chi connectivity index (χ0n) is 16.8. The molecule has 0 aromatic rings. The predicted octanol–water partition coefficient (Wildman–Crippen LogP) is 6.82. The van der Waals surface area contributed by atoms with Crippen molar-refractivity contribution in [2.24, 2.45) is 0 Å². The third kappa shape index (κ3) is 18.5. The molecule has 0 aliphatic rings. The summed E-state index contributed by atoms with van der Waals surface area (Å²) < 4.78 is 5.69. The highest BCUT2D eigenvalue weighted by molar-refractivity contribution is 5.05. The first-order valence-electron chi connectivity index (χ1n) is 10.0. The first-order valence-corrected chi connectivity index (χ1v) is 10.0. The van der Waals surface area contributed by atoms with Crippen LogP contribution in [-0.2, 0) is 4.74 Å². The second kappa shape index (κ2) is 21.2. The molecular formula is C24H38O2. The summed E-state index contributed by atoms with van der Waals surface area (Å²) >= 11 is 0. The molecule has 0 unspecified atom stereocenters. The van der Waals surface area contributed by atoms with E-state index in [9.17, 15) is 0 Å². The lowest BCUT2D eigenvalue weighted by atomic mass is 10.2. The summed E-state index contributed by atoms with van der Waals surface area (Å²) in [6.07, 6.45) is 31.7. The SMILES string of the molecule is CC/C=C\C/C=C\C/C(=C/C/C=C\C/C=C\CCC/C=C/CO)OCC. The number of hydrogen-bond donors (Lipinski definition) is 1. The van der Waals surface area contributed by atoms with Gasteiger partial charge in [-0.15, -0.1) is 0 Å². The fourth-order valence-corrected chi connectivity index (χ4v) is 2.25. The number of rotatable bonds is 16. The lowest BCUT2D eigenvalue weighted by Gasteiger charge is -2.05. The Labute approximate surface area is 161 Å². The van der Waals surface area contributed by atoms with E-state index in [1.54, 1.807) is 6.08 Å². The number of ether oxygens (including phenoxy) is 1. The van der Waals surface area contributed by atoms with Crippen molar-refractivity contribution in [2.45, 2.75) is 65.2 Å². The zero-order valence-corrected chi connectivity index (χ0v) is 16.8. The van der Waals surface area contributed by atoms with Crippen molar-refractivity contribution in [1.29, 1.82) is 0 Å². The van der Waals surface area contributed by atoms with Gasteiger partial charge in [-0.05, 0) is 57.9 Å². The molecule has 0 saturated heterocycles. The third-order valence-corrected chi connectivity index (χ3v) is 3.59. The maximum atomic E-state index is 8.63. The van der Waals surface area contributed by atoms with Crippen molar-refractivity contribution in [2.75, 3.05) is 13.2 Å². The van der Waals surface area contributed by atoms with E-state index in [2.05, 4.69) is 61.6 Å². The van der Waals surface area contributed by atoms with Gasteiger partial charge in [-0.2, -0.15) is 0 Å². The fourth-order valence-electron chi connectivity index (χ4n) is 2.25. The van der Waals surface area contributed by atoms with Crippen LogP contribution in [0.15, 0.2) is 72.6 Å². The van der Waals surface area contributed by atoms with Crippen molar-refractivity contribution < 1.29 is 9.84 Å². The second-order valence-electron chi connectivity index (χ2n) is 5.89. The monoisotopic (exact) mass is 358 g/mol. The second-order valence-corrected chi connectivity index (χ2v) is 5.89. The Kier molecular flexibility index (Phi) is 19.8. The molecule has 2 nitrogen and oxygen atoms in total. The van der Waals surface area contributed by atoms with Gasteiger partial charge in [0.2, 0.25) is 0 Å². The van der Waals surface area contributed by atoms with Gasteiger partial charge >= 0.3 is 0 Å². The van der Waals surface area contributed by atoms with Crippen molar-refractivity contribution in [3.8, 4) is 0 Å². The molecule has 0 aliphatic heterocycles. The van der Waals surface area contributed by atoms with Gasteiger partial charge in [-0.1, -0.05) is 67.7 Å². The van der Waals surface area contributed by atoms with Gasteiger partial charge in [0.15, 0.2) is 0 Å². The molecule has 0 radical (unpaired) electrons. The summed E-state index contributed by atoms with van der Waals surface area (Å²) in [4.78, 5) is 0. The number of allylic oxidation sites excluding steroid dienone is 10. The highest BCUT2D eigenvalue weighted by Crippen LogP contribution is 2.08. The van der Waals surface area contributed by atoms with Crippen LogP contribution in [0.2, 0.25) is 0 Å². The van der Waals surface area contributed by atoms with Crippen LogP contribution < -0.4 is 0 Å². The van der Waals surface area contributed by atoms with Gasteiger partial charge in [0.25, 0.3) is 0 Å². The molecule has 0 aromatic carbocycles. The third-order valence-electron chi connectivity index (χ3n) is 3.59. The van der Waals surface area contributed by atoms with E-state index < -0.39 is 0 Å². The van der Waals surface area contributed by atoms with Crippen LogP contribution in [0.3, 0.4) is 0 Å². The van der Waals surface area contributed by atoms with Crippen LogP contribution in [0.4, 0.5) is 0 Å². The number of aliphatic hydroxyl groups excluding tert-OH is 1. The van der Waals surface area contributed by atoms with Gasteiger partial charge in [0, 0.05) is 6.42 Å². The van der Waals surface area contributed by atoms with Crippen molar-refractivity contribution in [3.05, 3.63) is 72.6 Å². The summed E-state index contributed by atoms with van der Waals surface area (Å²) in [7, 11) is 0. The highest BCUT2D eigenvalue weighted by atomic mass is 16.5. The molecule has 0 spiro atoms. The Morgan fingerprint density at radius 3 is 2.04 bits per heavy atom. The van der Waals surface area contributed by atoms with E-state index in [0.29, 0.717) is 0 Å². The van der Waals surface area contributed by atoms with Crippen molar-refractivity contribution >= 4 is 0 Å². The van der Waals surface area contributed by atoms with Crippen LogP contribution in [0.1, 0.15) is 65.2 Å². The Hall–Kier alpha value is -1.80. The summed E-state index contributed by atoms with van der Waals surface area (Å²) in [5.41, 5.74) is 0. The van der Waals surface area contributed by atoms with Gasteiger partial charge < -0.3 is 9.84 Å². The normalized spacial score (nSPS) is 13.4. The topological polar surface area (TPSA) is 29.5 Å². The first kappa shape index (κ1) is 24.2. The van der Waals surface area contributed by atoms with E-state index in [4.69, 9.17) is 9.84 Å². The van der Waals surface area contributed by atoms with Crippen molar-refractivity contribution in [1.82, 2.24) is 0 Å². The summed E-state index contributed by atoms with van der Waals surface area (Å²) in [5.74, 6) is 1.05. The number of hydrogen-bond acceptors (Lipinski definition) is 2. The summed E-state index contributed by atoms with van der Waals surface area (Å²) in [6, 6.07) is 0. The zero-order chi connectivity index (χ0) is 19.1. The molecule has 2 heteroatoms. The molecular weight excluding hydrogens is 320 g/mol. The maximum Gasteiger partial charge on any atom is 0.0960 e. The summed E-state index contributed by atoms with van der Waals surface area (Å²) in [6.45, 7) is 5.04. The average Bonchev–Trinajstić information content (AvgIpc) is 2.65. The smallest absolute Gasteiger partial charge is 0.0960 e. The van der Waals surface area contributed by atoms with Gasteiger partial charge in [0.1, 0.15) is 0 Å². The Bertz CT molecular complexity index is 465. The lowest BCUT2D eigenvalue weighted by molar-refractivity contribution is 0.223. The molecule has 146 valence electrons.